The Morgan fingerprint density at radius 1 is 1.42 bits per heavy atom. The lowest BCUT2D eigenvalue weighted by Gasteiger charge is -2.17. The number of H-pyrrole nitrogens is 1. The van der Waals surface area contributed by atoms with Crippen LogP contribution >= 0.6 is 0 Å². The smallest absolute Gasteiger partial charge is 0.272 e. The number of rotatable bonds is 4. The summed E-state index contributed by atoms with van der Waals surface area (Å²) in [5.41, 5.74) is 1.34. The Morgan fingerprint density at radius 2 is 2.17 bits per heavy atom. The number of aromatic nitrogens is 2. The van der Waals surface area contributed by atoms with Crippen molar-refractivity contribution < 1.29 is 14.0 Å². The lowest BCUT2D eigenvalue weighted by atomic mass is 10.1. The van der Waals surface area contributed by atoms with Crippen LogP contribution in [0.2, 0.25) is 0 Å². The average Bonchev–Trinajstić information content (AvgIpc) is 3.17. The molecular weight excluding hydrogens is 311 g/mol. The van der Waals surface area contributed by atoms with Crippen LogP contribution in [0.15, 0.2) is 30.3 Å². The third kappa shape index (κ3) is 3.02. The molecule has 1 aromatic heterocycles. The molecule has 126 valence electrons. The van der Waals surface area contributed by atoms with Gasteiger partial charge in [-0.05, 0) is 30.5 Å². The van der Waals surface area contributed by atoms with E-state index in [-0.39, 0.29) is 23.2 Å². The Hall–Kier alpha value is -2.70. The number of carbonyl (C=O) groups is 2. The number of hydrogen-bond acceptors (Lipinski definition) is 3. The number of nitrogens with zero attached hydrogens (tertiary/aromatic N) is 2. The van der Waals surface area contributed by atoms with Gasteiger partial charge in [-0.15, -0.1) is 0 Å². The summed E-state index contributed by atoms with van der Waals surface area (Å²) in [6.45, 7) is 4.34. The quantitative estimate of drug-likeness (QED) is 0.902. The lowest BCUT2D eigenvalue weighted by molar-refractivity contribution is -0.118. The second-order valence-corrected chi connectivity index (χ2v) is 6.12. The normalized spacial score (nSPS) is 17.6. The molecular formula is C17H19FN4O2. The van der Waals surface area contributed by atoms with Crippen molar-refractivity contribution in [1.82, 2.24) is 15.5 Å². The van der Waals surface area contributed by atoms with Gasteiger partial charge in [-0.1, -0.05) is 26.0 Å². The van der Waals surface area contributed by atoms with E-state index in [1.54, 1.807) is 24.3 Å². The predicted octanol–water partition coefficient (Wildman–Crippen LogP) is 2.21. The molecule has 1 saturated heterocycles. The Labute approximate surface area is 139 Å². The largest absolute Gasteiger partial charge is 0.339 e. The molecule has 2 amide bonds. The van der Waals surface area contributed by atoms with E-state index in [1.165, 1.54) is 11.0 Å². The molecule has 0 spiro atoms. The van der Waals surface area contributed by atoms with Crippen LogP contribution in [-0.2, 0) is 4.79 Å². The minimum Gasteiger partial charge on any atom is -0.339 e. The Kier molecular flexibility index (Phi) is 4.33. The van der Waals surface area contributed by atoms with E-state index in [4.69, 9.17) is 0 Å². The van der Waals surface area contributed by atoms with Gasteiger partial charge in [0.2, 0.25) is 5.91 Å². The van der Waals surface area contributed by atoms with E-state index in [0.29, 0.717) is 13.0 Å². The predicted molar refractivity (Wildman–Crippen MR) is 87.3 cm³/mol. The fourth-order valence-corrected chi connectivity index (χ4v) is 2.70. The van der Waals surface area contributed by atoms with E-state index in [9.17, 15) is 14.0 Å². The molecule has 24 heavy (non-hydrogen) atoms. The molecule has 1 aliphatic rings. The van der Waals surface area contributed by atoms with Gasteiger partial charge >= 0.3 is 0 Å². The van der Waals surface area contributed by atoms with Gasteiger partial charge in [-0.2, -0.15) is 5.10 Å². The van der Waals surface area contributed by atoms with Crippen molar-refractivity contribution >= 4 is 17.5 Å². The van der Waals surface area contributed by atoms with E-state index in [0.717, 1.165) is 5.69 Å². The molecule has 0 aliphatic carbocycles. The fraction of sp³-hybridized carbons (Fsp3) is 0.353. The number of hydrogen-bond donors (Lipinski definition) is 2. The van der Waals surface area contributed by atoms with Gasteiger partial charge in [0.15, 0.2) is 0 Å². The van der Waals surface area contributed by atoms with Gasteiger partial charge in [-0.25, -0.2) is 4.39 Å². The average molecular weight is 330 g/mol. The summed E-state index contributed by atoms with van der Waals surface area (Å²) in [4.78, 5) is 26.1. The molecule has 2 N–H and O–H groups in total. The highest BCUT2D eigenvalue weighted by Gasteiger charge is 2.35. The third-order valence-corrected chi connectivity index (χ3v) is 4.11. The minimum atomic E-state index is -0.670. The van der Waals surface area contributed by atoms with Crippen LogP contribution in [0.5, 0.6) is 0 Å². The van der Waals surface area contributed by atoms with Crippen molar-refractivity contribution in [3.63, 3.8) is 0 Å². The SMILES string of the molecule is CC(C)c1cc(C(=O)NC2CCN(c3ccccc3F)C2=O)n[nH]1. The van der Waals surface area contributed by atoms with Crippen molar-refractivity contribution in [1.29, 1.82) is 0 Å². The first-order valence-electron chi connectivity index (χ1n) is 7.89. The summed E-state index contributed by atoms with van der Waals surface area (Å²) in [5, 5.41) is 9.46. The maximum atomic E-state index is 13.9. The Balaban J connectivity index is 1.69. The Bertz CT molecular complexity index is 771. The number of para-hydroxylation sites is 1. The number of benzene rings is 1. The van der Waals surface area contributed by atoms with Gasteiger partial charge in [0, 0.05) is 12.2 Å². The van der Waals surface area contributed by atoms with Crippen LogP contribution in [0, 0.1) is 5.82 Å². The summed E-state index contributed by atoms with van der Waals surface area (Å²) in [5.74, 6) is -0.949. The summed E-state index contributed by atoms with van der Waals surface area (Å²) < 4.78 is 13.9. The van der Waals surface area contributed by atoms with Crippen molar-refractivity contribution in [2.45, 2.75) is 32.2 Å². The number of carbonyl (C=O) groups excluding carboxylic acids is 2. The van der Waals surface area contributed by atoms with Crippen LogP contribution in [0.4, 0.5) is 10.1 Å². The zero-order valence-electron chi connectivity index (χ0n) is 13.5. The van der Waals surface area contributed by atoms with Crippen molar-refractivity contribution in [2.75, 3.05) is 11.4 Å². The summed E-state index contributed by atoms with van der Waals surface area (Å²) >= 11 is 0. The van der Waals surface area contributed by atoms with Gasteiger partial charge in [0.25, 0.3) is 5.91 Å². The maximum Gasteiger partial charge on any atom is 0.272 e. The molecule has 0 bridgehead atoms. The molecule has 2 heterocycles. The topological polar surface area (TPSA) is 78.1 Å². The highest BCUT2D eigenvalue weighted by atomic mass is 19.1. The van der Waals surface area contributed by atoms with Gasteiger partial charge < -0.3 is 10.2 Å². The first-order valence-corrected chi connectivity index (χ1v) is 7.89. The number of amides is 2. The number of halogens is 1. The molecule has 3 rings (SSSR count). The highest BCUT2D eigenvalue weighted by molar-refractivity contribution is 6.03. The number of nitrogens with one attached hydrogen (secondary N) is 2. The van der Waals surface area contributed by atoms with Crippen LogP contribution in [0.1, 0.15) is 42.4 Å². The number of aromatic amines is 1. The van der Waals surface area contributed by atoms with Crippen molar-refractivity contribution in [3.8, 4) is 0 Å². The first-order chi connectivity index (χ1) is 11.5. The zero-order valence-corrected chi connectivity index (χ0v) is 13.5. The molecule has 1 atom stereocenters. The van der Waals surface area contributed by atoms with E-state index < -0.39 is 17.8 Å². The molecule has 2 aromatic rings. The van der Waals surface area contributed by atoms with Crippen LogP contribution in [0.25, 0.3) is 0 Å². The van der Waals surface area contributed by atoms with Crippen molar-refractivity contribution in [3.05, 3.63) is 47.5 Å². The fourth-order valence-electron chi connectivity index (χ4n) is 2.70. The summed E-state index contributed by atoms with van der Waals surface area (Å²) in [7, 11) is 0. The van der Waals surface area contributed by atoms with E-state index >= 15 is 0 Å². The molecule has 1 aromatic carbocycles. The molecule has 1 unspecified atom stereocenters. The maximum absolute atomic E-state index is 13.9. The van der Waals surface area contributed by atoms with Crippen LogP contribution in [0.3, 0.4) is 0 Å². The molecule has 6 nitrogen and oxygen atoms in total. The second-order valence-electron chi connectivity index (χ2n) is 6.12. The molecule has 1 fully saturated rings. The number of anilines is 1. The molecule has 0 radical (unpaired) electrons. The van der Waals surface area contributed by atoms with Gasteiger partial charge in [0.1, 0.15) is 17.6 Å². The van der Waals surface area contributed by atoms with Crippen molar-refractivity contribution in [2.24, 2.45) is 0 Å². The highest BCUT2D eigenvalue weighted by Crippen LogP contribution is 2.24. The van der Waals surface area contributed by atoms with Crippen LogP contribution in [-0.4, -0.2) is 34.6 Å². The summed E-state index contributed by atoms with van der Waals surface area (Å²) in [6, 6.07) is 7.12. The summed E-state index contributed by atoms with van der Waals surface area (Å²) in [6.07, 6.45) is 0.431. The van der Waals surface area contributed by atoms with Gasteiger partial charge in [0.05, 0.1) is 5.69 Å². The lowest BCUT2D eigenvalue weighted by Crippen LogP contribution is -2.41. The van der Waals surface area contributed by atoms with E-state index in [2.05, 4.69) is 15.5 Å². The van der Waals surface area contributed by atoms with E-state index in [1.807, 2.05) is 13.8 Å². The molecule has 1 aliphatic heterocycles. The van der Waals surface area contributed by atoms with Gasteiger partial charge in [-0.3, -0.25) is 14.7 Å². The zero-order chi connectivity index (χ0) is 17.3. The minimum absolute atomic E-state index is 0.226. The molecule has 7 heteroatoms. The molecule has 0 saturated carbocycles. The van der Waals surface area contributed by atoms with Crippen LogP contribution < -0.4 is 10.2 Å². The Morgan fingerprint density at radius 3 is 2.83 bits per heavy atom. The standard InChI is InChI=1S/C17H19FN4O2/c1-10(2)13-9-14(21-20-13)16(23)19-12-7-8-22(17(12)24)15-6-4-3-5-11(15)18/h3-6,9-10,12H,7-8H2,1-2H3,(H,19,23)(H,20,21). The second kappa shape index (κ2) is 6.43. The monoisotopic (exact) mass is 330 g/mol. The first kappa shape index (κ1) is 16.2. The third-order valence-electron chi connectivity index (χ3n) is 4.11.